The van der Waals surface area contributed by atoms with Gasteiger partial charge in [-0.2, -0.15) is 0 Å². The van der Waals surface area contributed by atoms with Crippen molar-refractivity contribution < 1.29 is 4.79 Å². The van der Waals surface area contributed by atoms with Crippen molar-refractivity contribution in [1.29, 1.82) is 0 Å². The first-order valence-corrected chi connectivity index (χ1v) is 8.28. The Morgan fingerprint density at radius 3 is 2.26 bits per heavy atom. The van der Waals surface area contributed by atoms with Gasteiger partial charge in [0.2, 0.25) is 5.78 Å². The molecule has 0 atom stereocenters. The van der Waals surface area contributed by atoms with Crippen LogP contribution in [0.15, 0.2) is 49.2 Å². The van der Waals surface area contributed by atoms with Crippen LogP contribution < -0.4 is 0 Å². The van der Waals surface area contributed by atoms with Crippen LogP contribution in [-0.2, 0) is 11.2 Å². The second kappa shape index (κ2) is 6.35. The monoisotopic (exact) mass is 476 g/mol. The minimum atomic E-state index is 0.126. The number of hydrogen-bond donors (Lipinski definition) is 0. The lowest BCUT2D eigenvalue weighted by Gasteiger charge is -2.14. The Hall–Kier alpha value is -0.430. The van der Waals surface area contributed by atoms with Gasteiger partial charge >= 0.3 is 0 Å². The number of aryl methyl sites for hydroxylation is 1. The number of Topliss-reactive ketones (excluding diaryl/α,β-unsaturated/α-hetero) is 1. The van der Waals surface area contributed by atoms with Crippen LogP contribution in [0, 0.1) is 0 Å². The molecule has 0 aromatic heterocycles. The summed E-state index contributed by atoms with van der Waals surface area (Å²) in [5, 5.41) is 0. The number of carbonyl (C=O) groups is 1. The second-order valence-corrected chi connectivity index (χ2v) is 6.73. The van der Waals surface area contributed by atoms with Crippen LogP contribution in [0.25, 0.3) is 5.57 Å². The lowest BCUT2D eigenvalue weighted by Crippen LogP contribution is -2.03. The minimum absolute atomic E-state index is 0.126. The third-order valence-electron chi connectivity index (χ3n) is 3.23. The first-order chi connectivity index (χ1) is 9.04. The van der Waals surface area contributed by atoms with E-state index in [1.807, 2.05) is 12.2 Å². The van der Waals surface area contributed by atoms with E-state index in [2.05, 4.69) is 83.3 Å². The number of halogens is 2. The highest BCUT2D eigenvalue weighted by Crippen LogP contribution is 2.32. The zero-order valence-electron chi connectivity index (χ0n) is 10.8. The van der Waals surface area contributed by atoms with Gasteiger partial charge in [0.15, 0.2) is 0 Å². The zero-order valence-corrected chi connectivity index (χ0v) is 15.2. The predicted octanol–water partition coefficient (Wildman–Crippen LogP) is 5.24. The van der Waals surface area contributed by atoms with Crippen molar-refractivity contribution in [2.75, 3.05) is 0 Å². The van der Waals surface area contributed by atoms with Gasteiger partial charge in [-0.1, -0.05) is 31.2 Å². The maximum atomic E-state index is 11.8. The van der Waals surface area contributed by atoms with Crippen molar-refractivity contribution in [3.8, 4) is 0 Å². The Morgan fingerprint density at radius 1 is 1.11 bits per heavy atom. The van der Waals surface area contributed by atoms with E-state index in [0.717, 1.165) is 19.2 Å². The third kappa shape index (κ3) is 3.18. The molecule has 1 nitrogen and oxygen atoms in total. The number of rotatable bonds is 2. The molecule has 1 aliphatic carbocycles. The third-order valence-corrected chi connectivity index (χ3v) is 4.84. The molecule has 0 spiro atoms. The van der Waals surface area contributed by atoms with Crippen LogP contribution in [0.1, 0.15) is 25.0 Å². The van der Waals surface area contributed by atoms with Crippen molar-refractivity contribution >= 4 is 56.5 Å². The van der Waals surface area contributed by atoms with Crippen LogP contribution >= 0.6 is 45.2 Å². The molecule has 0 bridgehead atoms. The summed E-state index contributed by atoms with van der Waals surface area (Å²) in [6, 6.07) is 8.45. The number of hydrogen-bond acceptors (Lipinski definition) is 1. The maximum absolute atomic E-state index is 11.8. The molecule has 0 saturated heterocycles. The van der Waals surface area contributed by atoms with Gasteiger partial charge in [-0.15, -0.1) is 0 Å². The molecular formula is C16H14I2O. The minimum Gasteiger partial charge on any atom is -0.288 e. The molecule has 0 saturated carbocycles. The largest absolute Gasteiger partial charge is 0.288 e. The molecule has 0 unspecified atom stereocenters. The molecule has 0 amide bonds. The van der Waals surface area contributed by atoms with E-state index in [1.165, 1.54) is 16.7 Å². The van der Waals surface area contributed by atoms with E-state index in [1.54, 1.807) is 0 Å². The molecule has 3 heteroatoms. The molecule has 0 heterocycles. The lowest BCUT2D eigenvalue weighted by atomic mass is 9.93. The molecule has 0 fully saturated rings. The standard InChI is InChI=1S/C16H14I2O/c1-3-11-6-4-5-7-13(11)10(2)12-8-14(17)16(19)15(18)9-12/h4-9H,3H2,1-2H3. The molecule has 2 rings (SSSR count). The van der Waals surface area contributed by atoms with Crippen molar-refractivity contribution in [3.63, 3.8) is 0 Å². The van der Waals surface area contributed by atoms with E-state index in [9.17, 15) is 4.79 Å². The van der Waals surface area contributed by atoms with Crippen LogP contribution in [-0.4, -0.2) is 5.78 Å². The van der Waals surface area contributed by atoms with Crippen LogP contribution in [0.2, 0.25) is 0 Å². The number of carbonyl (C=O) groups excluding carboxylic acids is 1. The highest BCUT2D eigenvalue weighted by atomic mass is 127. The second-order valence-electron chi connectivity index (χ2n) is 4.40. The number of benzene rings is 1. The van der Waals surface area contributed by atoms with Gasteiger partial charge in [0.05, 0.1) is 7.16 Å². The Labute approximate surface area is 141 Å². The van der Waals surface area contributed by atoms with Gasteiger partial charge in [-0.25, -0.2) is 0 Å². The number of ketones is 1. The zero-order chi connectivity index (χ0) is 14.0. The fourth-order valence-corrected chi connectivity index (χ4v) is 3.89. The van der Waals surface area contributed by atoms with E-state index in [-0.39, 0.29) is 5.78 Å². The van der Waals surface area contributed by atoms with Crippen molar-refractivity contribution in [2.24, 2.45) is 0 Å². The molecule has 0 N–H and O–H groups in total. The highest BCUT2D eigenvalue weighted by molar-refractivity contribution is 14.1. The summed E-state index contributed by atoms with van der Waals surface area (Å²) in [5.41, 5.74) is 4.98. The van der Waals surface area contributed by atoms with Crippen molar-refractivity contribution in [1.82, 2.24) is 0 Å². The van der Waals surface area contributed by atoms with E-state index in [0.29, 0.717) is 0 Å². The van der Waals surface area contributed by atoms with Crippen molar-refractivity contribution in [2.45, 2.75) is 20.3 Å². The van der Waals surface area contributed by atoms with Gasteiger partial charge in [-0.3, -0.25) is 4.79 Å². The smallest absolute Gasteiger partial charge is 0.205 e. The Balaban J connectivity index is 2.57. The normalized spacial score (nSPS) is 15.2. The summed E-state index contributed by atoms with van der Waals surface area (Å²) in [6.45, 7) is 4.29. The fraction of sp³-hybridized carbons (Fsp3) is 0.188. The van der Waals surface area contributed by atoms with Gasteiger partial charge in [-0.05, 0) is 93.0 Å². The van der Waals surface area contributed by atoms with Crippen molar-refractivity contribution in [3.05, 3.63) is 60.3 Å². The predicted molar refractivity (Wildman–Crippen MR) is 97.6 cm³/mol. The molecular weight excluding hydrogens is 462 g/mol. The molecule has 0 aliphatic heterocycles. The van der Waals surface area contributed by atoms with Crippen LogP contribution in [0.3, 0.4) is 0 Å². The summed E-state index contributed by atoms with van der Waals surface area (Å²) in [6.07, 6.45) is 4.97. The Kier molecular flexibility index (Phi) is 5.00. The first-order valence-electron chi connectivity index (χ1n) is 6.12. The summed E-state index contributed by atoms with van der Waals surface area (Å²) in [5.74, 6) is 0.126. The SMILES string of the molecule is CCc1ccccc1C(C)=C1C=C(I)C(=O)C(I)=C1. The average molecular weight is 476 g/mol. The van der Waals surface area contributed by atoms with Crippen LogP contribution in [0.4, 0.5) is 0 Å². The molecule has 1 aliphatic rings. The molecule has 19 heavy (non-hydrogen) atoms. The van der Waals surface area contributed by atoms with Gasteiger partial charge in [0.1, 0.15) is 0 Å². The molecule has 1 aromatic rings. The van der Waals surface area contributed by atoms with E-state index < -0.39 is 0 Å². The van der Waals surface area contributed by atoms with E-state index >= 15 is 0 Å². The number of allylic oxidation sites excluding steroid dienone is 6. The summed E-state index contributed by atoms with van der Waals surface area (Å²) >= 11 is 4.23. The topological polar surface area (TPSA) is 17.1 Å². The molecule has 0 radical (unpaired) electrons. The summed E-state index contributed by atoms with van der Waals surface area (Å²) in [7, 11) is 0. The van der Waals surface area contributed by atoms with Gasteiger partial charge in [0.25, 0.3) is 0 Å². The highest BCUT2D eigenvalue weighted by Gasteiger charge is 2.17. The first kappa shape index (κ1) is 15.0. The van der Waals surface area contributed by atoms with Gasteiger partial charge in [0, 0.05) is 0 Å². The Bertz CT molecular complexity index is 597. The molecule has 98 valence electrons. The fourth-order valence-electron chi connectivity index (χ4n) is 2.13. The maximum Gasteiger partial charge on any atom is 0.205 e. The quantitative estimate of drug-likeness (QED) is 0.534. The lowest BCUT2D eigenvalue weighted by molar-refractivity contribution is -0.110. The average Bonchev–Trinajstić information content (AvgIpc) is 2.43. The Morgan fingerprint density at radius 2 is 1.68 bits per heavy atom. The summed E-state index contributed by atoms with van der Waals surface area (Å²) < 4.78 is 1.57. The van der Waals surface area contributed by atoms with Gasteiger partial charge < -0.3 is 0 Å². The van der Waals surface area contributed by atoms with Crippen LogP contribution in [0.5, 0.6) is 0 Å². The molecule has 1 aromatic carbocycles. The van der Waals surface area contributed by atoms with E-state index in [4.69, 9.17) is 0 Å². The summed E-state index contributed by atoms with van der Waals surface area (Å²) in [4.78, 5) is 11.8.